The van der Waals surface area contributed by atoms with E-state index in [4.69, 9.17) is 11.6 Å². The summed E-state index contributed by atoms with van der Waals surface area (Å²) in [7, 11) is 0. The molecule has 0 bridgehead atoms. The molecule has 0 radical (unpaired) electrons. The lowest BCUT2D eigenvalue weighted by Gasteiger charge is -2.45. The third-order valence-corrected chi connectivity index (χ3v) is 6.29. The van der Waals surface area contributed by atoms with Gasteiger partial charge in [0.1, 0.15) is 0 Å². The van der Waals surface area contributed by atoms with Crippen LogP contribution < -0.4 is 0 Å². The van der Waals surface area contributed by atoms with Gasteiger partial charge in [-0.1, -0.05) is 52.4 Å². The highest BCUT2D eigenvalue weighted by Gasteiger charge is 2.41. The predicted octanol–water partition coefficient (Wildman–Crippen LogP) is 6.56. The van der Waals surface area contributed by atoms with Crippen molar-refractivity contribution in [2.75, 3.05) is 0 Å². The number of halogens is 1. The lowest BCUT2D eigenvalue weighted by atomic mass is 9.63. The van der Waals surface area contributed by atoms with Crippen molar-refractivity contribution in [3.63, 3.8) is 0 Å². The molecule has 0 heterocycles. The topological polar surface area (TPSA) is 0 Å². The van der Waals surface area contributed by atoms with Crippen molar-refractivity contribution in [3.05, 3.63) is 0 Å². The summed E-state index contributed by atoms with van der Waals surface area (Å²) in [6, 6.07) is 0. The Kier molecular flexibility index (Phi) is 6.06. The van der Waals surface area contributed by atoms with Crippen molar-refractivity contribution in [3.8, 4) is 0 Å². The zero-order valence-electron chi connectivity index (χ0n) is 13.1. The normalized spacial score (nSPS) is 39.0. The van der Waals surface area contributed by atoms with Gasteiger partial charge >= 0.3 is 0 Å². The van der Waals surface area contributed by atoms with E-state index in [-0.39, 0.29) is 4.87 Å². The lowest BCUT2D eigenvalue weighted by Crippen LogP contribution is -2.38. The van der Waals surface area contributed by atoms with Gasteiger partial charge in [-0.25, -0.2) is 0 Å². The van der Waals surface area contributed by atoms with E-state index in [0.717, 1.165) is 17.8 Å². The molecule has 19 heavy (non-hydrogen) atoms. The first-order valence-corrected chi connectivity index (χ1v) is 9.23. The minimum absolute atomic E-state index is 0.172. The highest BCUT2D eigenvalue weighted by Crippen LogP contribution is 2.50. The number of alkyl halides is 1. The van der Waals surface area contributed by atoms with Crippen molar-refractivity contribution in [2.24, 2.45) is 17.8 Å². The fraction of sp³-hybridized carbons (Fsp3) is 1.00. The number of hydrogen-bond donors (Lipinski definition) is 0. The maximum Gasteiger partial charge on any atom is 0.0449 e. The molecular weight excluding hydrogens is 252 g/mol. The summed E-state index contributed by atoms with van der Waals surface area (Å²) in [4.78, 5) is 0.172. The summed E-state index contributed by atoms with van der Waals surface area (Å²) in [6.45, 7) is 4.59. The largest absolute Gasteiger partial charge is 0.119 e. The molecule has 0 spiro atoms. The van der Waals surface area contributed by atoms with Crippen molar-refractivity contribution < 1.29 is 0 Å². The van der Waals surface area contributed by atoms with Gasteiger partial charge in [-0.2, -0.15) is 0 Å². The molecule has 2 rings (SSSR count). The van der Waals surface area contributed by atoms with Crippen molar-refractivity contribution in [1.82, 2.24) is 0 Å². The summed E-state index contributed by atoms with van der Waals surface area (Å²) in [5.41, 5.74) is 0. The second-order valence-electron chi connectivity index (χ2n) is 7.34. The van der Waals surface area contributed by atoms with E-state index in [1.165, 1.54) is 77.0 Å². The van der Waals surface area contributed by atoms with Gasteiger partial charge in [-0.3, -0.25) is 0 Å². The van der Waals surface area contributed by atoms with Crippen LogP contribution in [0.15, 0.2) is 0 Å². The maximum absolute atomic E-state index is 6.83. The van der Waals surface area contributed by atoms with Crippen LogP contribution in [0, 0.1) is 17.8 Å². The van der Waals surface area contributed by atoms with Gasteiger partial charge in [-0.05, 0) is 56.3 Å². The Morgan fingerprint density at radius 2 is 1.84 bits per heavy atom. The average molecular weight is 285 g/mol. The SMILES string of the molecule is CCCCCC1CCC2CC(Cl)(CCC)CCC2C1. The van der Waals surface area contributed by atoms with Gasteiger partial charge < -0.3 is 0 Å². The van der Waals surface area contributed by atoms with E-state index in [0.29, 0.717) is 0 Å². The summed E-state index contributed by atoms with van der Waals surface area (Å²) in [5.74, 6) is 3.02. The fourth-order valence-electron chi connectivity index (χ4n) is 4.68. The van der Waals surface area contributed by atoms with E-state index in [9.17, 15) is 0 Å². The van der Waals surface area contributed by atoms with Gasteiger partial charge in [0.2, 0.25) is 0 Å². The van der Waals surface area contributed by atoms with Crippen LogP contribution in [0.5, 0.6) is 0 Å². The van der Waals surface area contributed by atoms with E-state index in [2.05, 4.69) is 13.8 Å². The third-order valence-electron chi connectivity index (χ3n) is 5.75. The Labute approximate surface area is 125 Å². The van der Waals surface area contributed by atoms with E-state index in [1.54, 1.807) is 0 Å². The molecule has 4 unspecified atom stereocenters. The average Bonchev–Trinajstić information content (AvgIpc) is 2.39. The monoisotopic (exact) mass is 284 g/mol. The first-order chi connectivity index (χ1) is 9.17. The Bertz CT molecular complexity index is 262. The zero-order valence-corrected chi connectivity index (χ0v) is 13.9. The fourth-order valence-corrected chi connectivity index (χ4v) is 5.18. The van der Waals surface area contributed by atoms with Crippen molar-refractivity contribution in [2.45, 2.75) is 95.8 Å². The molecule has 2 fully saturated rings. The maximum atomic E-state index is 6.83. The number of rotatable bonds is 6. The predicted molar refractivity (Wildman–Crippen MR) is 85.8 cm³/mol. The molecule has 0 saturated heterocycles. The molecular formula is C18H33Cl. The number of hydrogen-bond acceptors (Lipinski definition) is 0. The van der Waals surface area contributed by atoms with Crippen LogP contribution in [0.25, 0.3) is 0 Å². The Hall–Kier alpha value is 0.290. The molecule has 0 nitrogen and oxygen atoms in total. The third kappa shape index (κ3) is 4.38. The molecule has 0 N–H and O–H groups in total. The molecule has 4 atom stereocenters. The summed E-state index contributed by atoms with van der Waals surface area (Å²) < 4.78 is 0. The van der Waals surface area contributed by atoms with Gasteiger partial charge in [-0.15, -0.1) is 11.6 Å². The number of unbranched alkanes of at least 4 members (excludes halogenated alkanes) is 2. The molecule has 112 valence electrons. The zero-order chi connectivity index (χ0) is 13.7. The summed E-state index contributed by atoms with van der Waals surface area (Å²) in [6.07, 6.45) is 16.7. The molecule has 0 aromatic carbocycles. The van der Waals surface area contributed by atoms with Crippen LogP contribution in [-0.2, 0) is 0 Å². The summed E-state index contributed by atoms with van der Waals surface area (Å²) >= 11 is 6.83. The lowest BCUT2D eigenvalue weighted by molar-refractivity contribution is 0.100. The molecule has 2 saturated carbocycles. The molecule has 1 heteroatoms. The second kappa shape index (κ2) is 7.34. The van der Waals surface area contributed by atoms with Crippen molar-refractivity contribution >= 4 is 11.6 Å². The van der Waals surface area contributed by atoms with E-state index in [1.807, 2.05) is 0 Å². The van der Waals surface area contributed by atoms with Crippen LogP contribution in [0.4, 0.5) is 0 Å². The van der Waals surface area contributed by atoms with Gasteiger partial charge in [0.25, 0.3) is 0 Å². The van der Waals surface area contributed by atoms with E-state index >= 15 is 0 Å². The van der Waals surface area contributed by atoms with Crippen LogP contribution in [0.2, 0.25) is 0 Å². The van der Waals surface area contributed by atoms with Crippen LogP contribution in [0.3, 0.4) is 0 Å². The standard InChI is InChI=1S/C18H33Cl/c1-3-5-6-7-15-8-9-17-14-18(19,11-4-2)12-10-16(17)13-15/h15-17H,3-14H2,1-2H3. The molecule has 2 aliphatic carbocycles. The number of fused-ring (bicyclic) bond motifs is 1. The smallest absolute Gasteiger partial charge is 0.0449 e. The Balaban J connectivity index is 1.78. The summed E-state index contributed by atoms with van der Waals surface area (Å²) in [5, 5.41) is 0. The second-order valence-corrected chi connectivity index (χ2v) is 8.14. The first kappa shape index (κ1) is 15.7. The highest BCUT2D eigenvalue weighted by atomic mass is 35.5. The minimum Gasteiger partial charge on any atom is -0.119 e. The van der Waals surface area contributed by atoms with Crippen molar-refractivity contribution in [1.29, 1.82) is 0 Å². The van der Waals surface area contributed by atoms with Gasteiger partial charge in [0.05, 0.1) is 0 Å². The molecule has 2 aliphatic rings. The minimum atomic E-state index is 0.172. The van der Waals surface area contributed by atoms with Crippen LogP contribution in [-0.4, -0.2) is 4.87 Å². The van der Waals surface area contributed by atoms with Gasteiger partial charge in [0, 0.05) is 4.87 Å². The van der Waals surface area contributed by atoms with Crippen LogP contribution in [0.1, 0.15) is 90.9 Å². The Morgan fingerprint density at radius 3 is 2.58 bits per heavy atom. The first-order valence-electron chi connectivity index (χ1n) is 8.85. The molecule has 0 amide bonds. The Morgan fingerprint density at radius 1 is 1.00 bits per heavy atom. The highest BCUT2D eigenvalue weighted by molar-refractivity contribution is 6.24. The molecule has 0 aromatic rings. The van der Waals surface area contributed by atoms with E-state index < -0.39 is 0 Å². The van der Waals surface area contributed by atoms with Crippen LogP contribution >= 0.6 is 11.6 Å². The van der Waals surface area contributed by atoms with Gasteiger partial charge in [0.15, 0.2) is 0 Å². The quantitative estimate of drug-likeness (QED) is 0.383. The molecule has 0 aromatic heterocycles. The molecule has 0 aliphatic heterocycles.